The summed E-state index contributed by atoms with van der Waals surface area (Å²) in [5.74, 6) is -0.105. The third-order valence-electron chi connectivity index (χ3n) is 3.32. The van der Waals surface area contributed by atoms with Crippen LogP contribution in [0.3, 0.4) is 0 Å². The average Bonchev–Trinajstić information content (AvgIpc) is 2.49. The van der Waals surface area contributed by atoms with Gasteiger partial charge in [-0.1, -0.05) is 12.1 Å². The highest BCUT2D eigenvalue weighted by Crippen LogP contribution is 2.12. The lowest BCUT2D eigenvalue weighted by Gasteiger charge is -2.32. The third-order valence-corrected chi connectivity index (χ3v) is 3.32. The SMILES string of the molecule is CC(=O)Nc1ccc(CC(=O)N2CCOC(CO)C2)cc1. The number of ether oxygens (including phenoxy) is 1. The molecule has 1 atom stereocenters. The molecule has 1 unspecified atom stereocenters. The number of rotatable bonds is 4. The maximum Gasteiger partial charge on any atom is 0.227 e. The molecule has 6 nitrogen and oxygen atoms in total. The zero-order chi connectivity index (χ0) is 15.2. The first-order valence-corrected chi connectivity index (χ1v) is 6.95. The Morgan fingerprint density at radius 1 is 1.38 bits per heavy atom. The van der Waals surface area contributed by atoms with Crippen molar-refractivity contribution in [1.29, 1.82) is 0 Å². The van der Waals surface area contributed by atoms with Gasteiger partial charge in [0.1, 0.15) is 0 Å². The summed E-state index contributed by atoms with van der Waals surface area (Å²) >= 11 is 0. The van der Waals surface area contributed by atoms with Gasteiger partial charge in [0, 0.05) is 25.7 Å². The largest absolute Gasteiger partial charge is 0.394 e. The molecule has 1 aromatic rings. The molecule has 1 aromatic carbocycles. The molecular formula is C15H20N2O4. The van der Waals surface area contributed by atoms with Crippen LogP contribution in [0.25, 0.3) is 0 Å². The number of aliphatic hydroxyl groups excluding tert-OH is 1. The number of carbonyl (C=O) groups excluding carboxylic acids is 2. The highest BCUT2D eigenvalue weighted by atomic mass is 16.5. The van der Waals surface area contributed by atoms with Crippen molar-refractivity contribution in [2.75, 3.05) is 31.6 Å². The number of amides is 2. The van der Waals surface area contributed by atoms with E-state index in [9.17, 15) is 9.59 Å². The monoisotopic (exact) mass is 292 g/mol. The molecule has 21 heavy (non-hydrogen) atoms. The Hall–Kier alpha value is -1.92. The van der Waals surface area contributed by atoms with E-state index in [-0.39, 0.29) is 24.5 Å². The molecule has 0 radical (unpaired) electrons. The summed E-state index contributed by atoms with van der Waals surface area (Å²) in [6, 6.07) is 7.21. The minimum atomic E-state index is -0.287. The van der Waals surface area contributed by atoms with E-state index in [4.69, 9.17) is 9.84 Å². The summed E-state index contributed by atoms with van der Waals surface area (Å²) in [6.45, 7) is 2.82. The normalized spacial score (nSPS) is 18.4. The maximum absolute atomic E-state index is 12.2. The van der Waals surface area contributed by atoms with Gasteiger partial charge in [0.25, 0.3) is 0 Å². The molecule has 0 spiro atoms. The predicted molar refractivity (Wildman–Crippen MR) is 77.9 cm³/mol. The van der Waals surface area contributed by atoms with E-state index in [0.717, 1.165) is 5.56 Å². The summed E-state index contributed by atoms with van der Waals surface area (Å²) in [6.07, 6.45) is 0.0169. The van der Waals surface area contributed by atoms with Crippen LogP contribution < -0.4 is 5.32 Å². The number of benzene rings is 1. The number of morpholine rings is 1. The molecule has 0 aliphatic carbocycles. The zero-order valence-corrected chi connectivity index (χ0v) is 12.0. The number of aliphatic hydroxyl groups is 1. The molecular weight excluding hydrogens is 272 g/mol. The Labute approximate surface area is 123 Å². The third kappa shape index (κ3) is 4.54. The van der Waals surface area contributed by atoms with Crippen molar-refractivity contribution in [3.63, 3.8) is 0 Å². The lowest BCUT2D eigenvalue weighted by molar-refractivity contribution is -0.139. The second kappa shape index (κ2) is 7.19. The molecule has 2 N–H and O–H groups in total. The molecule has 1 aliphatic rings. The summed E-state index contributed by atoms with van der Waals surface area (Å²) in [4.78, 5) is 24.9. The van der Waals surface area contributed by atoms with Gasteiger partial charge in [-0.3, -0.25) is 9.59 Å². The highest BCUT2D eigenvalue weighted by Gasteiger charge is 2.23. The Bertz CT molecular complexity index is 501. The second-order valence-electron chi connectivity index (χ2n) is 5.07. The maximum atomic E-state index is 12.2. The molecule has 1 fully saturated rings. The Kier molecular flexibility index (Phi) is 5.30. The van der Waals surface area contributed by atoms with Crippen LogP contribution >= 0.6 is 0 Å². The number of carbonyl (C=O) groups is 2. The number of anilines is 1. The number of hydrogen-bond donors (Lipinski definition) is 2. The lowest BCUT2D eigenvalue weighted by atomic mass is 10.1. The van der Waals surface area contributed by atoms with Gasteiger partial charge in [-0.05, 0) is 17.7 Å². The van der Waals surface area contributed by atoms with Crippen molar-refractivity contribution in [1.82, 2.24) is 4.90 Å². The fourth-order valence-corrected chi connectivity index (χ4v) is 2.25. The summed E-state index contributed by atoms with van der Waals surface area (Å²) < 4.78 is 5.33. The number of nitrogens with one attached hydrogen (secondary N) is 1. The Morgan fingerprint density at radius 3 is 2.71 bits per heavy atom. The van der Waals surface area contributed by atoms with E-state index in [1.807, 2.05) is 12.1 Å². The molecule has 0 aromatic heterocycles. The Morgan fingerprint density at radius 2 is 2.10 bits per heavy atom. The van der Waals surface area contributed by atoms with Crippen LogP contribution in [0.2, 0.25) is 0 Å². The first-order valence-electron chi connectivity index (χ1n) is 6.95. The fraction of sp³-hybridized carbons (Fsp3) is 0.467. The van der Waals surface area contributed by atoms with Crippen LogP contribution in [0, 0.1) is 0 Å². The molecule has 6 heteroatoms. The van der Waals surface area contributed by atoms with E-state index in [1.54, 1.807) is 17.0 Å². The zero-order valence-electron chi connectivity index (χ0n) is 12.0. The van der Waals surface area contributed by atoms with E-state index in [1.165, 1.54) is 6.92 Å². The van der Waals surface area contributed by atoms with Gasteiger partial charge in [-0.2, -0.15) is 0 Å². The van der Waals surface area contributed by atoms with Crippen molar-refractivity contribution in [3.8, 4) is 0 Å². The van der Waals surface area contributed by atoms with Gasteiger partial charge in [0.15, 0.2) is 0 Å². The second-order valence-corrected chi connectivity index (χ2v) is 5.07. The molecule has 2 amide bonds. The van der Waals surface area contributed by atoms with Gasteiger partial charge in [0.2, 0.25) is 11.8 Å². The predicted octanol–water partition coefficient (Wildman–Crippen LogP) is 0.407. The first kappa shape index (κ1) is 15.5. The molecule has 0 bridgehead atoms. The van der Waals surface area contributed by atoms with E-state index in [2.05, 4.69) is 5.32 Å². The standard InChI is InChI=1S/C15H20N2O4/c1-11(19)16-13-4-2-12(3-5-13)8-15(20)17-6-7-21-14(9-17)10-18/h2-5,14,18H,6-10H2,1H3,(H,16,19). The first-order chi connectivity index (χ1) is 10.1. The van der Waals surface area contributed by atoms with Gasteiger partial charge >= 0.3 is 0 Å². The van der Waals surface area contributed by atoms with E-state index >= 15 is 0 Å². The van der Waals surface area contributed by atoms with Crippen molar-refractivity contribution in [3.05, 3.63) is 29.8 Å². The smallest absolute Gasteiger partial charge is 0.227 e. The van der Waals surface area contributed by atoms with Gasteiger partial charge in [-0.25, -0.2) is 0 Å². The van der Waals surface area contributed by atoms with Crippen molar-refractivity contribution in [2.45, 2.75) is 19.4 Å². The van der Waals surface area contributed by atoms with Gasteiger partial charge in [-0.15, -0.1) is 0 Å². The lowest BCUT2D eigenvalue weighted by Crippen LogP contribution is -2.47. The molecule has 2 rings (SSSR count). The molecule has 0 saturated carbocycles. The minimum absolute atomic E-state index is 0.0176. The van der Waals surface area contributed by atoms with Crippen molar-refractivity contribution >= 4 is 17.5 Å². The average molecular weight is 292 g/mol. The number of hydrogen-bond acceptors (Lipinski definition) is 4. The van der Waals surface area contributed by atoms with Crippen LogP contribution in [-0.4, -0.2) is 54.2 Å². The molecule has 1 saturated heterocycles. The van der Waals surface area contributed by atoms with Gasteiger partial charge < -0.3 is 20.1 Å². The van der Waals surface area contributed by atoms with Crippen LogP contribution in [0.15, 0.2) is 24.3 Å². The van der Waals surface area contributed by atoms with Crippen molar-refractivity contribution in [2.24, 2.45) is 0 Å². The minimum Gasteiger partial charge on any atom is -0.394 e. The van der Waals surface area contributed by atoms with Crippen molar-refractivity contribution < 1.29 is 19.4 Å². The molecule has 1 heterocycles. The Balaban J connectivity index is 1.91. The van der Waals surface area contributed by atoms with Crippen LogP contribution in [-0.2, 0) is 20.7 Å². The molecule has 1 aliphatic heterocycles. The summed E-state index contributed by atoms with van der Waals surface area (Å²) in [7, 11) is 0. The quantitative estimate of drug-likeness (QED) is 0.842. The van der Waals surface area contributed by atoms with Crippen LogP contribution in [0.5, 0.6) is 0 Å². The number of nitrogens with zero attached hydrogens (tertiary/aromatic N) is 1. The topological polar surface area (TPSA) is 78.9 Å². The van der Waals surface area contributed by atoms with E-state index < -0.39 is 0 Å². The highest BCUT2D eigenvalue weighted by molar-refractivity contribution is 5.88. The van der Waals surface area contributed by atoms with Gasteiger partial charge in [0.05, 0.1) is 25.7 Å². The summed E-state index contributed by atoms with van der Waals surface area (Å²) in [5.41, 5.74) is 1.60. The van der Waals surface area contributed by atoms with E-state index in [0.29, 0.717) is 31.8 Å². The fourth-order valence-electron chi connectivity index (χ4n) is 2.25. The van der Waals surface area contributed by atoms with Crippen LogP contribution in [0.4, 0.5) is 5.69 Å². The molecule has 114 valence electrons. The van der Waals surface area contributed by atoms with Crippen LogP contribution in [0.1, 0.15) is 12.5 Å². The summed E-state index contributed by atoms with van der Waals surface area (Å²) in [5, 5.41) is 11.8.